The van der Waals surface area contributed by atoms with Gasteiger partial charge in [-0.2, -0.15) is 5.10 Å². The molecule has 0 saturated heterocycles. The Hall–Kier alpha value is -1.82. The molecule has 2 rings (SSSR count). The Morgan fingerprint density at radius 2 is 2.17 bits per heavy atom. The molecule has 0 fully saturated rings. The van der Waals surface area contributed by atoms with E-state index in [1.54, 1.807) is 6.21 Å². The molecule has 0 atom stereocenters. The van der Waals surface area contributed by atoms with Crippen molar-refractivity contribution in [3.63, 3.8) is 0 Å². The van der Waals surface area contributed by atoms with Gasteiger partial charge in [-0.15, -0.1) is 0 Å². The number of fused-ring (bicyclic) bond motifs is 1. The van der Waals surface area contributed by atoms with E-state index in [1.165, 1.54) is 0 Å². The van der Waals surface area contributed by atoms with Crippen LogP contribution < -0.4 is 20.2 Å². The first-order valence-electron chi connectivity index (χ1n) is 5.68. The Balaban J connectivity index is 2.05. The highest BCUT2D eigenvalue weighted by Gasteiger charge is 2.14. The zero-order valence-electron chi connectivity index (χ0n) is 10.3. The Labute approximate surface area is 111 Å². The first-order chi connectivity index (χ1) is 8.70. The summed E-state index contributed by atoms with van der Waals surface area (Å²) >= 11 is 5.00. The molecular formula is C12H15N3O2S. The number of nitrogens with zero attached hydrogens (tertiary/aromatic N) is 1. The molecule has 0 aliphatic carbocycles. The Kier molecular flexibility index (Phi) is 3.99. The molecule has 0 bridgehead atoms. The summed E-state index contributed by atoms with van der Waals surface area (Å²) in [6, 6.07) is 3.84. The van der Waals surface area contributed by atoms with E-state index in [0.717, 1.165) is 29.2 Å². The van der Waals surface area contributed by atoms with E-state index in [1.807, 2.05) is 26.0 Å². The zero-order chi connectivity index (χ0) is 13.0. The van der Waals surface area contributed by atoms with Gasteiger partial charge < -0.3 is 14.8 Å². The van der Waals surface area contributed by atoms with Crippen molar-refractivity contribution in [2.75, 3.05) is 13.3 Å². The highest BCUT2D eigenvalue weighted by molar-refractivity contribution is 7.80. The molecule has 0 aromatic heterocycles. The van der Waals surface area contributed by atoms with Crippen LogP contribution in [0.15, 0.2) is 17.2 Å². The van der Waals surface area contributed by atoms with Gasteiger partial charge >= 0.3 is 0 Å². The predicted octanol–water partition coefficient (Wildman–Crippen LogP) is 1.54. The van der Waals surface area contributed by atoms with Crippen LogP contribution in [0, 0.1) is 6.92 Å². The first-order valence-corrected chi connectivity index (χ1v) is 6.08. The maximum absolute atomic E-state index is 5.32. The van der Waals surface area contributed by atoms with Crippen LogP contribution >= 0.6 is 12.2 Å². The van der Waals surface area contributed by atoms with Gasteiger partial charge in [-0.3, -0.25) is 5.43 Å². The van der Waals surface area contributed by atoms with E-state index >= 15 is 0 Å². The Morgan fingerprint density at radius 3 is 2.89 bits per heavy atom. The number of hydrogen-bond donors (Lipinski definition) is 2. The fourth-order valence-electron chi connectivity index (χ4n) is 1.56. The number of rotatable bonds is 3. The SMILES string of the molecule is CCNC(=S)NN=Cc1cc2c(cc1C)OCO2. The first kappa shape index (κ1) is 12.6. The third-order valence-corrected chi connectivity index (χ3v) is 2.70. The van der Waals surface area contributed by atoms with Gasteiger partial charge in [0.05, 0.1) is 6.21 Å². The molecule has 1 aromatic carbocycles. The van der Waals surface area contributed by atoms with Crippen LogP contribution in [0.3, 0.4) is 0 Å². The number of nitrogens with one attached hydrogen (secondary N) is 2. The van der Waals surface area contributed by atoms with Gasteiger partial charge in [0, 0.05) is 12.1 Å². The van der Waals surface area contributed by atoms with Crippen LogP contribution in [-0.4, -0.2) is 24.7 Å². The van der Waals surface area contributed by atoms with Crippen LogP contribution in [0.25, 0.3) is 0 Å². The fraction of sp³-hybridized carbons (Fsp3) is 0.333. The van der Waals surface area contributed by atoms with E-state index in [0.29, 0.717) is 5.11 Å². The topological polar surface area (TPSA) is 54.9 Å². The zero-order valence-corrected chi connectivity index (χ0v) is 11.1. The second-order valence-corrected chi connectivity index (χ2v) is 4.20. The van der Waals surface area contributed by atoms with Gasteiger partial charge in [0.2, 0.25) is 6.79 Å². The van der Waals surface area contributed by atoms with E-state index in [2.05, 4.69) is 15.8 Å². The number of hydrazone groups is 1. The smallest absolute Gasteiger partial charge is 0.231 e. The molecule has 1 aliphatic rings. The minimum atomic E-state index is 0.276. The molecule has 0 amide bonds. The van der Waals surface area contributed by atoms with Crippen molar-refractivity contribution in [2.45, 2.75) is 13.8 Å². The second kappa shape index (κ2) is 5.68. The quantitative estimate of drug-likeness (QED) is 0.493. The lowest BCUT2D eigenvalue weighted by atomic mass is 10.1. The molecular weight excluding hydrogens is 250 g/mol. The fourth-order valence-corrected chi connectivity index (χ4v) is 1.76. The third-order valence-electron chi connectivity index (χ3n) is 2.47. The van der Waals surface area contributed by atoms with E-state index in [-0.39, 0.29) is 6.79 Å². The minimum absolute atomic E-state index is 0.276. The molecule has 0 saturated carbocycles. The molecule has 1 aliphatic heterocycles. The average Bonchev–Trinajstić information content (AvgIpc) is 2.76. The molecule has 5 nitrogen and oxygen atoms in total. The summed E-state index contributed by atoms with van der Waals surface area (Å²) in [6.45, 7) is 5.01. The standard InChI is InChI=1S/C12H15N3O2S/c1-3-13-12(18)15-14-6-9-5-11-10(4-8(9)2)16-7-17-11/h4-6H,3,7H2,1-2H3,(H2,13,15,18). The van der Waals surface area contributed by atoms with Crippen LogP contribution in [0.2, 0.25) is 0 Å². The van der Waals surface area contributed by atoms with Gasteiger partial charge in [0.25, 0.3) is 0 Å². The number of hydrogen-bond acceptors (Lipinski definition) is 4. The highest BCUT2D eigenvalue weighted by Crippen LogP contribution is 2.33. The summed E-state index contributed by atoms with van der Waals surface area (Å²) in [4.78, 5) is 0. The highest BCUT2D eigenvalue weighted by atomic mass is 32.1. The van der Waals surface area contributed by atoms with Gasteiger partial charge in [-0.05, 0) is 43.8 Å². The number of ether oxygens (including phenoxy) is 2. The van der Waals surface area contributed by atoms with Crippen molar-refractivity contribution in [3.8, 4) is 11.5 Å². The monoisotopic (exact) mass is 265 g/mol. The number of thiocarbonyl (C=S) groups is 1. The molecule has 1 aromatic rings. The third kappa shape index (κ3) is 2.89. The summed E-state index contributed by atoms with van der Waals surface area (Å²) in [5.41, 5.74) is 4.78. The van der Waals surface area contributed by atoms with Gasteiger partial charge in [0.1, 0.15) is 0 Å². The van der Waals surface area contributed by atoms with E-state index in [9.17, 15) is 0 Å². The minimum Gasteiger partial charge on any atom is -0.454 e. The summed E-state index contributed by atoms with van der Waals surface area (Å²) in [6.07, 6.45) is 1.71. The Morgan fingerprint density at radius 1 is 1.44 bits per heavy atom. The van der Waals surface area contributed by atoms with Crippen LogP contribution in [-0.2, 0) is 0 Å². The van der Waals surface area contributed by atoms with Crippen molar-refractivity contribution in [1.29, 1.82) is 0 Å². The van der Waals surface area contributed by atoms with Gasteiger partial charge in [-0.25, -0.2) is 0 Å². The summed E-state index contributed by atoms with van der Waals surface area (Å²) in [5, 5.41) is 7.53. The van der Waals surface area contributed by atoms with Gasteiger partial charge in [0.15, 0.2) is 16.6 Å². The van der Waals surface area contributed by atoms with Crippen LogP contribution in [0.5, 0.6) is 11.5 Å². The van der Waals surface area contributed by atoms with Crippen LogP contribution in [0.1, 0.15) is 18.1 Å². The lowest BCUT2D eigenvalue weighted by Gasteiger charge is -2.04. The number of aryl methyl sites for hydroxylation is 1. The van der Waals surface area contributed by atoms with E-state index < -0.39 is 0 Å². The maximum atomic E-state index is 5.32. The molecule has 0 spiro atoms. The summed E-state index contributed by atoms with van der Waals surface area (Å²) in [5.74, 6) is 1.53. The second-order valence-electron chi connectivity index (χ2n) is 3.79. The summed E-state index contributed by atoms with van der Waals surface area (Å²) < 4.78 is 10.6. The predicted molar refractivity (Wildman–Crippen MR) is 74.3 cm³/mol. The van der Waals surface area contributed by atoms with Crippen molar-refractivity contribution in [3.05, 3.63) is 23.3 Å². The molecule has 1 heterocycles. The van der Waals surface area contributed by atoms with Crippen molar-refractivity contribution in [2.24, 2.45) is 5.10 Å². The van der Waals surface area contributed by atoms with Crippen molar-refractivity contribution in [1.82, 2.24) is 10.7 Å². The lowest BCUT2D eigenvalue weighted by Crippen LogP contribution is -2.31. The largest absolute Gasteiger partial charge is 0.454 e. The molecule has 0 radical (unpaired) electrons. The number of benzene rings is 1. The molecule has 2 N–H and O–H groups in total. The Bertz CT molecular complexity index is 488. The molecule has 18 heavy (non-hydrogen) atoms. The maximum Gasteiger partial charge on any atom is 0.231 e. The molecule has 96 valence electrons. The van der Waals surface area contributed by atoms with Crippen LogP contribution in [0.4, 0.5) is 0 Å². The van der Waals surface area contributed by atoms with Crippen molar-refractivity contribution >= 4 is 23.5 Å². The normalized spacial score (nSPS) is 12.8. The van der Waals surface area contributed by atoms with Gasteiger partial charge in [-0.1, -0.05) is 0 Å². The van der Waals surface area contributed by atoms with E-state index in [4.69, 9.17) is 21.7 Å². The molecule has 0 unspecified atom stereocenters. The molecule has 6 heteroatoms. The summed E-state index contributed by atoms with van der Waals surface area (Å²) in [7, 11) is 0. The van der Waals surface area contributed by atoms with Crippen molar-refractivity contribution < 1.29 is 9.47 Å². The average molecular weight is 265 g/mol. The lowest BCUT2D eigenvalue weighted by molar-refractivity contribution is 0.174.